The highest BCUT2D eigenvalue weighted by Crippen LogP contribution is 2.24. The molecular formula is C16H20N2O2S. The van der Waals surface area contributed by atoms with E-state index in [2.05, 4.69) is 0 Å². The number of nitrogens with zero attached hydrogens (tertiary/aromatic N) is 1. The molecule has 2 rings (SSSR count). The van der Waals surface area contributed by atoms with E-state index in [0.29, 0.717) is 36.7 Å². The molecular weight excluding hydrogens is 284 g/mol. The molecule has 0 atom stereocenters. The summed E-state index contributed by atoms with van der Waals surface area (Å²) in [5.41, 5.74) is 7.02. The molecule has 4 nitrogen and oxygen atoms in total. The van der Waals surface area contributed by atoms with Gasteiger partial charge in [0.2, 0.25) is 0 Å². The molecule has 0 aliphatic heterocycles. The van der Waals surface area contributed by atoms with Gasteiger partial charge in [-0.05, 0) is 43.5 Å². The summed E-state index contributed by atoms with van der Waals surface area (Å²) >= 11 is 1.65. The fourth-order valence-corrected chi connectivity index (χ4v) is 2.79. The van der Waals surface area contributed by atoms with Crippen LogP contribution in [0, 0.1) is 0 Å². The summed E-state index contributed by atoms with van der Waals surface area (Å²) in [7, 11) is 0. The molecule has 2 N–H and O–H groups in total. The van der Waals surface area contributed by atoms with Crippen LogP contribution in [0.5, 0.6) is 5.75 Å². The van der Waals surface area contributed by atoms with Gasteiger partial charge in [-0.2, -0.15) is 0 Å². The summed E-state index contributed by atoms with van der Waals surface area (Å²) in [4.78, 5) is 15.5. The Morgan fingerprint density at radius 1 is 1.33 bits per heavy atom. The van der Waals surface area contributed by atoms with E-state index in [0.717, 1.165) is 0 Å². The molecule has 0 saturated carbocycles. The Bertz CT molecular complexity index is 596. The standard InChI is InChI=1S/C16H20N2O2S/c1-3-18(11-13-6-5-9-21-13)16(19)12-7-8-15(20-4-2)14(17)10-12/h5-10H,3-4,11,17H2,1-2H3. The third-order valence-corrected chi connectivity index (χ3v) is 4.01. The first-order valence-corrected chi connectivity index (χ1v) is 7.87. The van der Waals surface area contributed by atoms with Crippen molar-refractivity contribution in [2.75, 3.05) is 18.9 Å². The summed E-state index contributed by atoms with van der Waals surface area (Å²) in [6.07, 6.45) is 0. The van der Waals surface area contributed by atoms with Gasteiger partial charge in [-0.15, -0.1) is 11.3 Å². The van der Waals surface area contributed by atoms with Gasteiger partial charge in [-0.3, -0.25) is 4.79 Å². The Hall–Kier alpha value is -2.01. The molecule has 0 spiro atoms. The van der Waals surface area contributed by atoms with Crippen molar-refractivity contribution in [2.45, 2.75) is 20.4 Å². The maximum Gasteiger partial charge on any atom is 0.254 e. The van der Waals surface area contributed by atoms with Crippen molar-refractivity contribution in [3.05, 3.63) is 46.2 Å². The zero-order valence-electron chi connectivity index (χ0n) is 12.3. The van der Waals surface area contributed by atoms with Gasteiger partial charge in [0, 0.05) is 17.0 Å². The van der Waals surface area contributed by atoms with Crippen molar-refractivity contribution in [2.24, 2.45) is 0 Å². The largest absolute Gasteiger partial charge is 0.492 e. The number of hydrogen-bond acceptors (Lipinski definition) is 4. The summed E-state index contributed by atoms with van der Waals surface area (Å²) < 4.78 is 5.40. The van der Waals surface area contributed by atoms with Crippen LogP contribution in [-0.4, -0.2) is 24.0 Å². The average Bonchev–Trinajstić information content (AvgIpc) is 2.99. The predicted octanol–water partition coefficient (Wildman–Crippen LogP) is 3.39. The van der Waals surface area contributed by atoms with Gasteiger partial charge in [0.05, 0.1) is 18.8 Å². The second-order valence-corrected chi connectivity index (χ2v) is 5.62. The van der Waals surface area contributed by atoms with Crippen molar-refractivity contribution < 1.29 is 9.53 Å². The quantitative estimate of drug-likeness (QED) is 0.832. The lowest BCUT2D eigenvalue weighted by molar-refractivity contribution is 0.0754. The Labute approximate surface area is 129 Å². The number of amides is 1. The number of rotatable bonds is 6. The molecule has 1 amide bonds. The molecule has 5 heteroatoms. The van der Waals surface area contributed by atoms with Crippen LogP contribution in [0.2, 0.25) is 0 Å². The lowest BCUT2D eigenvalue weighted by Crippen LogP contribution is -2.30. The van der Waals surface area contributed by atoms with Crippen LogP contribution in [0.3, 0.4) is 0 Å². The normalized spacial score (nSPS) is 10.4. The van der Waals surface area contributed by atoms with E-state index in [1.807, 2.05) is 31.4 Å². The number of benzene rings is 1. The second kappa shape index (κ2) is 7.13. The van der Waals surface area contributed by atoms with E-state index >= 15 is 0 Å². The third-order valence-electron chi connectivity index (χ3n) is 3.15. The van der Waals surface area contributed by atoms with Gasteiger partial charge in [-0.25, -0.2) is 0 Å². The van der Waals surface area contributed by atoms with Crippen molar-refractivity contribution >= 4 is 22.9 Å². The predicted molar refractivity (Wildman–Crippen MR) is 86.8 cm³/mol. The highest BCUT2D eigenvalue weighted by Gasteiger charge is 2.16. The molecule has 1 heterocycles. The number of carbonyl (C=O) groups is 1. The van der Waals surface area contributed by atoms with Crippen LogP contribution < -0.4 is 10.5 Å². The number of nitrogen functional groups attached to an aromatic ring is 1. The lowest BCUT2D eigenvalue weighted by atomic mass is 10.1. The first kappa shape index (κ1) is 15.4. The number of hydrogen-bond donors (Lipinski definition) is 1. The minimum Gasteiger partial charge on any atom is -0.492 e. The van der Waals surface area contributed by atoms with Crippen LogP contribution in [0.4, 0.5) is 5.69 Å². The van der Waals surface area contributed by atoms with Crippen molar-refractivity contribution in [3.63, 3.8) is 0 Å². The number of ether oxygens (including phenoxy) is 1. The molecule has 0 unspecified atom stereocenters. The van der Waals surface area contributed by atoms with E-state index in [-0.39, 0.29) is 5.91 Å². The van der Waals surface area contributed by atoms with Crippen LogP contribution in [0.15, 0.2) is 35.7 Å². The molecule has 0 saturated heterocycles. The molecule has 0 radical (unpaired) electrons. The third kappa shape index (κ3) is 3.76. The Morgan fingerprint density at radius 3 is 2.71 bits per heavy atom. The summed E-state index contributed by atoms with van der Waals surface area (Å²) in [6.45, 7) is 5.71. The van der Waals surface area contributed by atoms with Crippen LogP contribution in [0.1, 0.15) is 29.1 Å². The number of thiophene rings is 1. The first-order valence-electron chi connectivity index (χ1n) is 6.99. The van der Waals surface area contributed by atoms with Crippen LogP contribution in [-0.2, 0) is 6.54 Å². The summed E-state index contributed by atoms with van der Waals surface area (Å²) in [6, 6.07) is 9.23. The smallest absolute Gasteiger partial charge is 0.254 e. The minimum absolute atomic E-state index is 0.0133. The maximum atomic E-state index is 12.6. The van der Waals surface area contributed by atoms with Gasteiger partial charge in [0.25, 0.3) is 5.91 Å². The Morgan fingerprint density at radius 2 is 2.14 bits per heavy atom. The fraction of sp³-hybridized carbons (Fsp3) is 0.312. The summed E-state index contributed by atoms with van der Waals surface area (Å²) in [5, 5.41) is 2.02. The van der Waals surface area contributed by atoms with Gasteiger partial charge < -0.3 is 15.4 Å². The van der Waals surface area contributed by atoms with Crippen molar-refractivity contribution in [3.8, 4) is 5.75 Å². The fourth-order valence-electron chi connectivity index (χ4n) is 2.07. The molecule has 112 valence electrons. The lowest BCUT2D eigenvalue weighted by Gasteiger charge is -2.20. The Kier molecular flexibility index (Phi) is 5.22. The van der Waals surface area contributed by atoms with Crippen molar-refractivity contribution in [1.29, 1.82) is 0 Å². The molecule has 0 aliphatic rings. The topological polar surface area (TPSA) is 55.6 Å². The molecule has 1 aromatic carbocycles. The molecule has 0 bridgehead atoms. The Balaban J connectivity index is 2.15. The average molecular weight is 304 g/mol. The van der Waals surface area contributed by atoms with Gasteiger partial charge in [-0.1, -0.05) is 6.07 Å². The van der Waals surface area contributed by atoms with E-state index in [9.17, 15) is 4.79 Å². The molecule has 1 aromatic heterocycles. The van der Waals surface area contributed by atoms with E-state index in [1.165, 1.54) is 4.88 Å². The van der Waals surface area contributed by atoms with E-state index in [4.69, 9.17) is 10.5 Å². The monoisotopic (exact) mass is 304 g/mol. The SMILES string of the molecule is CCOc1ccc(C(=O)N(CC)Cc2cccs2)cc1N. The molecule has 2 aromatic rings. The van der Waals surface area contributed by atoms with Gasteiger partial charge in [0.15, 0.2) is 0 Å². The second-order valence-electron chi connectivity index (χ2n) is 4.58. The van der Waals surface area contributed by atoms with Gasteiger partial charge in [0.1, 0.15) is 5.75 Å². The molecule has 0 fully saturated rings. The molecule has 21 heavy (non-hydrogen) atoms. The number of carbonyl (C=O) groups excluding carboxylic acids is 1. The number of anilines is 1. The maximum absolute atomic E-state index is 12.6. The van der Waals surface area contributed by atoms with E-state index < -0.39 is 0 Å². The highest BCUT2D eigenvalue weighted by atomic mass is 32.1. The zero-order valence-corrected chi connectivity index (χ0v) is 13.2. The summed E-state index contributed by atoms with van der Waals surface area (Å²) in [5.74, 6) is 0.607. The number of nitrogens with two attached hydrogens (primary N) is 1. The zero-order chi connectivity index (χ0) is 15.2. The first-order chi connectivity index (χ1) is 10.2. The van der Waals surface area contributed by atoms with Crippen LogP contribution in [0.25, 0.3) is 0 Å². The molecule has 0 aliphatic carbocycles. The van der Waals surface area contributed by atoms with Crippen molar-refractivity contribution in [1.82, 2.24) is 4.90 Å². The van der Waals surface area contributed by atoms with E-state index in [1.54, 1.807) is 34.4 Å². The van der Waals surface area contributed by atoms with Crippen LogP contribution >= 0.6 is 11.3 Å². The highest BCUT2D eigenvalue weighted by molar-refractivity contribution is 7.09. The van der Waals surface area contributed by atoms with Gasteiger partial charge >= 0.3 is 0 Å². The minimum atomic E-state index is -0.0133.